The number of nitrogens with one attached hydrogen (secondary N) is 3. The maximum atomic E-state index is 12.4. The summed E-state index contributed by atoms with van der Waals surface area (Å²) in [5, 5.41) is 20.0. The second-order valence-corrected chi connectivity index (χ2v) is 8.55. The minimum Gasteiger partial charge on any atom is -0.490 e. The minimum atomic E-state index is -1.16. The number of esters is 1. The Kier molecular flexibility index (Phi) is 8.44. The summed E-state index contributed by atoms with van der Waals surface area (Å²) in [5.74, 6) is 1.25. The van der Waals surface area contributed by atoms with E-state index in [2.05, 4.69) is 21.2 Å². The predicted octanol–water partition coefficient (Wildman–Crippen LogP) is 2.59. The first-order valence-corrected chi connectivity index (χ1v) is 12.0. The van der Waals surface area contributed by atoms with Crippen LogP contribution in [0.1, 0.15) is 31.0 Å². The van der Waals surface area contributed by atoms with E-state index in [1.54, 1.807) is 44.2 Å². The molecule has 38 heavy (non-hydrogen) atoms. The van der Waals surface area contributed by atoms with Crippen LogP contribution in [0.5, 0.6) is 23.0 Å². The molecule has 12 nitrogen and oxygen atoms in total. The van der Waals surface area contributed by atoms with Crippen LogP contribution in [-0.2, 0) is 9.53 Å². The van der Waals surface area contributed by atoms with E-state index >= 15 is 0 Å². The fourth-order valence-corrected chi connectivity index (χ4v) is 4.05. The molecule has 0 unspecified atom stereocenters. The third-order valence-corrected chi connectivity index (χ3v) is 5.92. The van der Waals surface area contributed by atoms with Crippen LogP contribution in [0.3, 0.4) is 0 Å². The van der Waals surface area contributed by atoms with Gasteiger partial charge in [-0.1, -0.05) is 17.7 Å². The summed E-state index contributed by atoms with van der Waals surface area (Å²) in [5.41, 5.74) is 4.38. The second kappa shape index (κ2) is 11.9. The summed E-state index contributed by atoms with van der Waals surface area (Å²) in [6.07, 6.45) is 0.281. The van der Waals surface area contributed by atoms with Gasteiger partial charge < -0.3 is 39.4 Å². The van der Waals surface area contributed by atoms with Crippen LogP contribution >= 0.6 is 11.6 Å². The molecular formula is C25H27ClN4O8. The molecule has 0 spiro atoms. The monoisotopic (exact) mass is 546 g/mol. The van der Waals surface area contributed by atoms with Crippen molar-refractivity contribution in [3.8, 4) is 23.0 Å². The summed E-state index contributed by atoms with van der Waals surface area (Å²) in [4.78, 5) is 24.5. The van der Waals surface area contributed by atoms with Crippen molar-refractivity contribution in [3.05, 3.63) is 57.8 Å². The number of aliphatic hydroxyl groups excluding tert-OH is 1. The lowest BCUT2D eigenvalue weighted by Crippen LogP contribution is -2.45. The standard InChI is InChI=1S/C25H27ClN4O8/c1-4-35-18-7-14(23-22(24(32)34-3)13(2)28-25(33)29-23)5-6-17(18)36-11-21(31)30-27-10-15-8-19-20(9-16(15)26)38-12-37-19/h5-10,21,23,30-31H,4,11-12H2,1-3H3,(H2,28,29,33)/b27-10+/t21-,23+/m1/s1. The molecule has 13 heteroatoms. The highest BCUT2D eigenvalue weighted by Crippen LogP contribution is 2.36. The number of carbonyl (C=O) groups excluding carboxylic acids is 2. The van der Waals surface area contributed by atoms with E-state index in [1.807, 2.05) is 0 Å². The van der Waals surface area contributed by atoms with Crippen molar-refractivity contribution in [3.63, 3.8) is 0 Å². The van der Waals surface area contributed by atoms with Gasteiger partial charge in [0.2, 0.25) is 6.79 Å². The molecule has 2 heterocycles. The van der Waals surface area contributed by atoms with Gasteiger partial charge in [0.1, 0.15) is 6.61 Å². The van der Waals surface area contributed by atoms with Gasteiger partial charge in [-0.05, 0) is 37.6 Å². The molecule has 2 atom stereocenters. The number of carbonyl (C=O) groups is 2. The van der Waals surface area contributed by atoms with E-state index in [9.17, 15) is 14.7 Å². The van der Waals surface area contributed by atoms with Crippen LogP contribution in [0.15, 0.2) is 46.7 Å². The van der Waals surface area contributed by atoms with Crippen LogP contribution in [0.25, 0.3) is 0 Å². The molecule has 2 amide bonds. The minimum absolute atomic E-state index is 0.126. The Morgan fingerprint density at radius 2 is 2.03 bits per heavy atom. The lowest BCUT2D eigenvalue weighted by atomic mass is 9.95. The van der Waals surface area contributed by atoms with Crippen molar-refractivity contribution in [2.75, 3.05) is 27.1 Å². The summed E-state index contributed by atoms with van der Waals surface area (Å²) < 4.78 is 26.9. The van der Waals surface area contributed by atoms with Crippen molar-refractivity contribution in [1.82, 2.24) is 16.1 Å². The molecule has 2 aliphatic heterocycles. The number of nitrogens with zero attached hydrogens (tertiary/aromatic N) is 1. The smallest absolute Gasteiger partial charge is 0.337 e. The molecule has 0 aromatic heterocycles. The normalized spacial score (nSPS) is 17.1. The number of amides is 2. The molecule has 202 valence electrons. The lowest BCUT2D eigenvalue weighted by Gasteiger charge is -2.28. The first-order chi connectivity index (χ1) is 18.3. The summed E-state index contributed by atoms with van der Waals surface area (Å²) in [6, 6.07) is 7.08. The number of urea groups is 1. The number of hydrazone groups is 1. The molecule has 0 saturated carbocycles. The SMILES string of the molecule is CCOc1cc([C@@H]2NC(=O)NC(C)=C2C(=O)OC)ccc1OC[C@@H](O)N/N=C/c1cc2c(cc1Cl)OCO2. The number of aliphatic hydroxyl groups is 1. The summed E-state index contributed by atoms with van der Waals surface area (Å²) in [6.45, 7) is 3.72. The number of halogens is 1. The first kappa shape index (κ1) is 26.9. The van der Waals surface area contributed by atoms with Gasteiger partial charge >= 0.3 is 12.0 Å². The van der Waals surface area contributed by atoms with E-state index < -0.39 is 24.3 Å². The highest BCUT2D eigenvalue weighted by molar-refractivity contribution is 6.33. The van der Waals surface area contributed by atoms with E-state index in [0.29, 0.717) is 51.5 Å². The quantitative estimate of drug-likeness (QED) is 0.153. The van der Waals surface area contributed by atoms with E-state index in [1.165, 1.54) is 13.3 Å². The Morgan fingerprint density at radius 1 is 1.26 bits per heavy atom. The van der Waals surface area contributed by atoms with Crippen molar-refractivity contribution in [2.24, 2.45) is 5.10 Å². The van der Waals surface area contributed by atoms with Crippen molar-refractivity contribution in [2.45, 2.75) is 26.1 Å². The molecule has 2 aliphatic rings. The number of methoxy groups -OCH3 is 1. The molecule has 0 radical (unpaired) electrons. The Morgan fingerprint density at radius 3 is 2.76 bits per heavy atom. The summed E-state index contributed by atoms with van der Waals surface area (Å²) in [7, 11) is 1.27. The first-order valence-electron chi connectivity index (χ1n) is 11.6. The second-order valence-electron chi connectivity index (χ2n) is 8.14. The van der Waals surface area contributed by atoms with Crippen molar-refractivity contribution in [1.29, 1.82) is 0 Å². The van der Waals surface area contributed by atoms with Gasteiger partial charge in [0, 0.05) is 17.3 Å². The Balaban J connectivity index is 1.43. The third kappa shape index (κ3) is 6.03. The van der Waals surface area contributed by atoms with Gasteiger partial charge in [-0.2, -0.15) is 5.10 Å². The van der Waals surface area contributed by atoms with Gasteiger partial charge in [-0.15, -0.1) is 0 Å². The van der Waals surface area contributed by atoms with Gasteiger partial charge in [-0.3, -0.25) is 5.43 Å². The molecule has 4 N–H and O–H groups in total. The van der Waals surface area contributed by atoms with Crippen molar-refractivity contribution < 1.29 is 38.4 Å². The number of rotatable bonds is 10. The predicted molar refractivity (Wildman–Crippen MR) is 137 cm³/mol. The fraction of sp³-hybridized carbons (Fsp3) is 0.320. The van der Waals surface area contributed by atoms with Gasteiger partial charge in [0.05, 0.1) is 36.6 Å². The van der Waals surface area contributed by atoms with E-state index in [-0.39, 0.29) is 19.0 Å². The Labute approximate surface area is 223 Å². The topological polar surface area (TPSA) is 149 Å². The van der Waals surface area contributed by atoms with Crippen LogP contribution in [0.2, 0.25) is 5.02 Å². The van der Waals surface area contributed by atoms with Gasteiger partial charge in [0.15, 0.2) is 29.2 Å². The van der Waals surface area contributed by atoms with E-state index in [0.717, 1.165) is 0 Å². The Hall–Kier alpha value is -4.16. The fourth-order valence-electron chi connectivity index (χ4n) is 3.85. The maximum Gasteiger partial charge on any atom is 0.337 e. The largest absolute Gasteiger partial charge is 0.490 e. The molecule has 0 saturated heterocycles. The molecule has 4 rings (SSSR count). The number of hydrogen-bond donors (Lipinski definition) is 4. The van der Waals surface area contributed by atoms with Crippen LogP contribution in [0, 0.1) is 0 Å². The van der Waals surface area contributed by atoms with Crippen LogP contribution in [0.4, 0.5) is 4.79 Å². The van der Waals surface area contributed by atoms with E-state index in [4.69, 9.17) is 35.3 Å². The zero-order chi connectivity index (χ0) is 27.2. The molecular weight excluding hydrogens is 520 g/mol. The number of ether oxygens (including phenoxy) is 5. The molecule has 2 aromatic carbocycles. The summed E-state index contributed by atoms with van der Waals surface area (Å²) >= 11 is 6.22. The molecule has 0 bridgehead atoms. The zero-order valence-corrected chi connectivity index (χ0v) is 21.6. The maximum absolute atomic E-state index is 12.4. The van der Waals surface area contributed by atoms with Gasteiger partial charge in [-0.25, -0.2) is 9.59 Å². The Bertz CT molecular complexity index is 1280. The third-order valence-electron chi connectivity index (χ3n) is 5.59. The van der Waals surface area contributed by atoms with Gasteiger partial charge in [0.25, 0.3) is 0 Å². The number of fused-ring (bicyclic) bond motifs is 1. The average molecular weight is 547 g/mol. The highest BCUT2D eigenvalue weighted by atomic mass is 35.5. The van der Waals surface area contributed by atoms with Crippen molar-refractivity contribution >= 4 is 29.8 Å². The molecule has 2 aromatic rings. The highest BCUT2D eigenvalue weighted by Gasteiger charge is 2.32. The van der Waals surface area contributed by atoms with Crippen LogP contribution in [-0.4, -0.2) is 56.7 Å². The molecule has 0 aliphatic carbocycles. The number of benzene rings is 2. The number of hydrogen-bond acceptors (Lipinski definition) is 10. The van der Waals surface area contributed by atoms with Crippen LogP contribution < -0.4 is 35.0 Å². The zero-order valence-electron chi connectivity index (χ0n) is 20.9. The molecule has 0 fully saturated rings. The average Bonchev–Trinajstić information content (AvgIpc) is 3.34. The number of allylic oxidation sites excluding steroid dienone is 1. The lowest BCUT2D eigenvalue weighted by molar-refractivity contribution is -0.136.